The van der Waals surface area contributed by atoms with Gasteiger partial charge in [-0.05, 0) is 30.3 Å². The molecule has 1 aromatic heterocycles. The molecule has 24 heavy (non-hydrogen) atoms. The number of hydrogen-bond donors (Lipinski definition) is 1. The monoisotopic (exact) mass is 326 g/mol. The number of methoxy groups -OCH3 is 1. The van der Waals surface area contributed by atoms with Crippen LogP contribution in [0, 0.1) is 5.82 Å². The molecule has 3 rings (SSSR count). The van der Waals surface area contributed by atoms with Gasteiger partial charge in [0.15, 0.2) is 0 Å². The Morgan fingerprint density at radius 2 is 2.00 bits per heavy atom. The molecule has 0 aliphatic carbocycles. The summed E-state index contributed by atoms with van der Waals surface area (Å²) in [5.74, 6) is -0.499. The number of aryl methyl sites for hydroxylation is 1. The van der Waals surface area contributed by atoms with Crippen molar-refractivity contribution >= 4 is 22.5 Å². The topological polar surface area (TPSA) is 60.3 Å². The Labute approximate surface area is 137 Å². The van der Waals surface area contributed by atoms with Crippen LogP contribution in [0.15, 0.2) is 53.5 Å². The van der Waals surface area contributed by atoms with Crippen LogP contribution in [0.4, 0.5) is 10.1 Å². The van der Waals surface area contributed by atoms with Gasteiger partial charge in [-0.15, -0.1) is 0 Å². The Morgan fingerprint density at radius 1 is 1.21 bits per heavy atom. The highest BCUT2D eigenvalue weighted by molar-refractivity contribution is 6.05. The fourth-order valence-electron chi connectivity index (χ4n) is 2.53. The molecule has 0 fully saturated rings. The summed E-state index contributed by atoms with van der Waals surface area (Å²) >= 11 is 0. The number of carbonyl (C=O) groups is 1. The lowest BCUT2D eigenvalue weighted by atomic mass is 10.1. The van der Waals surface area contributed by atoms with E-state index in [9.17, 15) is 14.0 Å². The minimum Gasteiger partial charge on any atom is -0.497 e. The number of carbonyl (C=O) groups excluding carboxylic acids is 1. The molecular weight excluding hydrogens is 311 g/mol. The molecule has 0 atom stereocenters. The normalized spacial score (nSPS) is 10.6. The van der Waals surface area contributed by atoms with Gasteiger partial charge in [-0.2, -0.15) is 0 Å². The summed E-state index contributed by atoms with van der Waals surface area (Å²) in [7, 11) is 3.22. The molecule has 0 saturated carbocycles. The van der Waals surface area contributed by atoms with Crippen molar-refractivity contribution in [2.75, 3.05) is 12.4 Å². The predicted molar refractivity (Wildman–Crippen MR) is 90.1 cm³/mol. The summed E-state index contributed by atoms with van der Waals surface area (Å²) in [5, 5.41) is 2.82. The van der Waals surface area contributed by atoms with E-state index in [4.69, 9.17) is 4.74 Å². The number of amides is 1. The molecular formula is C18H15FN2O3. The van der Waals surface area contributed by atoms with Gasteiger partial charge in [0.2, 0.25) is 5.43 Å². The quantitative estimate of drug-likeness (QED) is 0.805. The molecule has 6 heteroatoms. The van der Waals surface area contributed by atoms with Gasteiger partial charge in [-0.3, -0.25) is 9.59 Å². The van der Waals surface area contributed by atoms with E-state index in [2.05, 4.69) is 5.32 Å². The second-order valence-corrected chi connectivity index (χ2v) is 5.33. The largest absolute Gasteiger partial charge is 0.497 e. The SMILES string of the molecule is COc1cccc(NC(=O)c2cn(C)c3ccc(F)cc3c2=O)c1. The van der Waals surface area contributed by atoms with Gasteiger partial charge >= 0.3 is 0 Å². The Hall–Kier alpha value is -3.15. The lowest BCUT2D eigenvalue weighted by molar-refractivity contribution is 0.102. The van der Waals surface area contributed by atoms with E-state index < -0.39 is 17.2 Å². The van der Waals surface area contributed by atoms with Crippen LogP contribution in [-0.4, -0.2) is 17.6 Å². The molecule has 1 N–H and O–H groups in total. The van der Waals surface area contributed by atoms with E-state index in [-0.39, 0.29) is 10.9 Å². The zero-order valence-electron chi connectivity index (χ0n) is 13.2. The van der Waals surface area contributed by atoms with Crippen molar-refractivity contribution in [3.05, 3.63) is 70.3 Å². The van der Waals surface area contributed by atoms with Crippen LogP contribution >= 0.6 is 0 Å². The molecule has 3 aromatic rings. The lowest BCUT2D eigenvalue weighted by Gasteiger charge is -2.10. The van der Waals surface area contributed by atoms with Gasteiger partial charge in [0.05, 0.1) is 12.6 Å². The standard InChI is InChI=1S/C18H15FN2O3/c1-21-10-15(17(22)14-8-11(19)6-7-16(14)21)18(23)20-12-4-3-5-13(9-12)24-2/h3-10H,1-2H3,(H,20,23). The number of nitrogens with zero attached hydrogens (tertiary/aromatic N) is 1. The van der Waals surface area contributed by atoms with Crippen molar-refractivity contribution in [1.82, 2.24) is 4.57 Å². The van der Waals surface area contributed by atoms with Gasteiger partial charge in [-0.25, -0.2) is 4.39 Å². The van der Waals surface area contributed by atoms with E-state index in [0.717, 1.165) is 6.07 Å². The van der Waals surface area contributed by atoms with Crippen LogP contribution < -0.4 is 15.5 Å². The minimum atomic E-state index is -0.560. The number of anilines is 1. The molecule has 0 unspecified atom stereocenters. The van der Waals surface area contributed by atoms with Gasteiger partial charge in [0.1, 0.15) is 17.1 Å². The zero-order valence-corrected chi connectivity index (χ0v) is 13.2. The van der Waals surface area contributed by atoms with E-state index in [1.807, 2.05) is 0 Å². The Balaban J connectivity index is 2.03. The second kappa shape index (κ2) is 6.16. The van der Waals surface area contributed by atoms with E-state index >= 15 is 0 Å². The Bertz CT molecular complexity index is 995. The molecule has 2 aromatic carbocycles. The molecule has 5 nitrogen and oxygen atoms in total. The number of benzene rings is 2. The van der Waals surface area contributed by atoms with Gasteiger partial charge in [0.25, 0.3) is 5.91 Å². The van der Waals surface area contributed by atoms with Crippen LogP contribution in [0.25, 0.3) is 10.9 Å². The number of fused-ring (bicyclic) bond motifs is 1. The summed E-state index contributed by atoms with van der Waals surface area (Å²) in [6.45, 7) is 0. The number of halogens is 1. The molecule has 0 saturated heterocycles. The second-order valence-electron chi connectivity index (χ2n) is 5.33. The summed E-state index contributed by atoms with van der Waals surface area (Å²) in [6, 6.07) is 10.7. The van der Waals surface area contributed by atoms with Crippen LogP contribution in [0.5, 0.6) is 5.75 Å². The maximum absolute atomic E-state index is 13.4. The highest BCUT2D eigenvalue weighted by Gasteiger charge is 2.15. The molecule has 0 bridgehead atoms. The van der Waals surface area contributed by atoms with Crippen LogP contribution in [-0.2, 0) is 7.05 Å². The van der Waals surface area contributed by atoms with Crippen molar-refractivity contribution in [2.24, 2.45) is 7.05 Å². The highest BCUT2D eigenvalue weighted by atomic mass is 19.1. The third kappa shape index (κ3) is 2.86. The van der Waals surface area contributed by atoms with Crippen molar-refractivity contribution in [1.29, 1.82) is 0 Å². The maximum Gasteiger partial charge on any atom is 0.261 e. The fourth-order valence-corrected chi connectivity index (χ4v) is 2.53. The smallest absolute Gasteiger partial charge is 0.261 e. The minimum absolute atomic E-state index is 0.0570. The van der Waals surface area contributed by atoms with Crippen molar-refractivity contribution in [3.63, 3.8) is 0 Å². The lowest BCUT2D eigenvalue weighted by Crippen LogP contribution is -2.23. The third-order valence-electron chi connectivity index (χ3n) is 3.72. The van der Waals surface area contributed by atoms with Crippen LogP contribution in [0.3, 0.4) is 0 Å². The van der Waals surface area contributed by atoms with Gasteiger partial charge in [-0.1, -0.05) is 6.07 Å². The summed E-state index contributed by atoms with van der Waals surface area (Å²) in [4.78, 5) is 25.0. The predicted octanol–water partition coefficient (Wildman–Crippen LogP) is 2.94. The van der Waals surface area contributed by atoms with Crippen molar-refractivity contribution in [3.8, 4) is 5.75 Å². The average molecular weight is 326 g/mol. The number of aromatic nitrogens is 1. The first-order valence-corrected chi connectivity index (χ1v) is 7.24. The average Bonchev–Trinajstić information content (AvgIpc) is 2.58. The van der Waals surface area contributed by atoms with Crippen LogP contribution in [0.1, 0.15) is 10.4 Å². The van der Waals surface area contributed by atoms with Gasteiger partial charge < -0.3 is 14.6 Å². The zero-order chi connectivity index (χ0) is 17.3. The number of pyridine rings is 1. The number of rotatable bonds is 3. The molecule has 0 aliphatic rings. The Morgan fingerprint density at radius 3 is 2.75 bits per heavy atom. The maximum atomic E-state index is 13.4. The highest BCUT2D eigenvalue weighted by Crippen LogP contribution is 2.18. The first-order chi connectivity index (χ1) is 11.5. The first kappa shape index (κ1) is 15.7. The fraction of sp³-hybridized carbons (Fsp3) is 0.111. The Kier molecular flexibility index (Phi) is 4.04. The summed E-state index contributed by atoms with van der Waals surface area (Å²) in [6.07, 6.45) is 1.44. The molecule has 1 amide bonds. The number of hydrogen-bond acceptors (Lipinski definition) is 3. The van der Waals surface area contributed by atoms with Crippen molar-refractivity contribution < 1.29 is 13.9 Å². The summed E-state index contributed by atoms with van der Waals surface area (Å²) in [5.41, 5.74) is 0.487. The van der Waals surface area contributed by atoms with E-state index in [1.54, 1.807) is 35.9 Å². The number of ether oxygens (including phenoxy) is 1. The van der Waals surface area contributed by atoms with Crippen LogP contribution in [0.2, 0.25) is 0 Å². The van der Waals surface area contributed by atoms with E-state index in [0.29, 0.717) is 17.0 Å². The third-order valence-corrected chi connectivity index (χ3v) is 3.72. The molecule has 1 heterocycles. The van der Waals surface area contributed by atoms with Gasteiger partial charge in [0, 0.05) is 30.4 Å². The molecule has 0 aliphatic heterocycles. The van der Waals surface area contributed by atoms with E-state index in [1.165, 1.54) is 25.4 Å². The molecule has 122 valence electrons. The summed E-state index contributed by atoms with van der Waals surface area (Å²) < 4.78 is 20.2. The molecule has 0 radical (unpaired) electrons. The molecule has 0 spiro atoms. The number of nitrogens with one attached hydrogen (secondary N) is 1. The first-order valence-electron chi connectivity index (χ1n) is 7.24. The van der Waals surface area contributed by atoms with Crippen molar-refractivity contribution in [2.45, 2.75) is 0 Å².